The minimum Gasteiger partial charge on any atom is -0.311 e. The lowest BCUT2D eigenvalue weighted by Crippen LogP contribution is -2.36. The number of rotatable bonds is 4. The molecule has 1 aliphatic carbocycles. The van der Waals surface area contributed by atoms with Gasteiger partial charge < -0.3 is 4.90 Å². The van der Waals surface area contributed by atoms with Gasteiger partial charge in [-0.25, -0.2) is 4.98 Å². The minimum atomic E-state index is 0.0511. The number of amides is 1. The monoisotopic (exact) mass is 425 g/mol. The molecule has 0 fully saturated rings. The Morgan fingerprint density at radius 1 is 1.21 bits per heavy atom. The quantitative estimate of drug-likeness (QED) is 0.468. The lowest BCUT2D eigenvalue weighted by molar-refractivity contribution is -0.116. The van der Waals surface area contributed by atoms with Crippen LogP contribution in [0.25, 0.3) is 10.2 Å². The lowest BCUT2D eigenvalue weighted by atomic mass is 10.0. The van der Waals surface area contributed by atoms with Crippen molar-refractivity contribution >= 4 is 44.9 Å². The first-order chi connectivity index (χ1) is 14.2. The Morgan fingerprint density at radius 2 is 2.07 bits per heavy atom. The predicted molar refractivity (Wildman–Crippen MR) is 119 cm³/mol. The highest BCUT2D eigenvalue weighted by Crippen LogP contribution is 2.35. The van der Waals surface area contributed by atoms with E-state index in [4.69, 9.17) is 4.98 Å². The number of anilines is 1. The zero-order valence-electron chi connectivity index (χ0n) is 16.4. The third-order valence-corrected chi connectivity index (χ3v) is 7.99. The van der Waals surface area contributed by atoms with Gasteiger partial charge in [-0.05, 0) is 56.2 Å². The van der Waals surface area contributed by atoms with Crippen LogP contribution < -0.4 is 10.5 Å². The average Bonchev–Trinajstić information content (AvgIpc) is 3.32. The maximum atomic E-state index is 13.1. The molecule has 7 heteroatoms. The molecule has 0 atom stereocenters. The summed E-state index contributed by atoms with van der Waals surface area (Å²) in [5, 5.41) is 1.47. The summed E-state index contributed by atoms with van der Waals surface area (Å²) in [4.78, 5) is 35.0. The highest BCUT2D eigenvalue weighted by molar-refractivity contribution is 7.99. The summed E-state index contributed by atoms with van der Waals surface area (Å²) >= 11 is 3.04. The van der Waals surface area contributed by atoms with Crippen molar-refractivity contribution < 1.29 is 4.79 Å². The summed E-state index contributed by atoms with van der Waals surface area (Å²) in [6.45, 7) is 3.28. The van der Waals surface area contributed by atoms with Gasteiger partial charge in [-0.2, -0.15) is 0 Å². The van der Waals surface area contributed by atoms with Crippen LogP contribution in [0.15, 0.2) is 34.2 Å². The molecule has 3 heterocycles. The molecule has 5 rings (SSSR count). The van der Waals surface area contributed by atoms with Crippen LogP contribution in [0, 0.1) is 0 Å². The summed E-state index contributed by atoms with van der Waals surface area (Å²) in [5.74, 6) is 0.366. The Kier molecular flexibility index (Phi) is 4.95. The normalized spacial score (nSPS) is 15.6. The van der Waals surface area contributed by atoms with E-state index in [9.17, 15) is 9.59 Å². The Hall–Kier alpha value is -2.12. The van der Waals surface area contributed by atoms with Gasteiger partial charge in [-0.1, -0.05) is 30.0 Å². The fraction of sp³-hybridized carbons (Fsp3) is 0.409. The number of hydrogen-bond acceptors (Lipinski definition) is 5. The molecule has 5 nitrogen and oxygen atoms in total. The largest absolute Gasteiger partial charge is 0.311 e. The van der Waals surface area contributed by atoms with Crippen LogP contribution in [0.4, 0.5) is 5.69 Å². The molecule has 2 aromatic heterocycles. The topological polar surface area (TPSA) is 55.2 Å². The number of hydrogen-bond donors (Lipinski definition) is 0. The maximum Gasteiger partial charge on any atom is 0.263 e. The standard InChI is InChI=1S/C22H23N3O2S2/c1-2-24-21(27)19-15-9-5-11-17(15)29-20(19)23-22(24)28-13-18(26)25-12-6-8-14-7-3-4-10-16(14)25/h3-4,7,10H,2,5-6,8-9,11-13H2,1H3. The first-order valence-corrected chi connectivity index (χ1v) is 12.0. The van der Waals surface area contributed by atoms with Crippen molar-refractivity contribution in [3.8, 4) is 0 Å². The van der Waals surface area contributed by atoms with Crippen molar-refractivity contribution in [2.45, 2.75) is 50.7 Å². The van der Waals surface area contributed by atoms with Crippen LogP contribution in [0.1, 0.15) is 35.8 Å². The third kappa shape index (κ3) is 3.20. The van der Waals surface area contributed by atoms with E-state index in [1.807, 2.05) is 30.0 Å². The lowest BCUT2D eigenvalue weighted by Gasteiger charge is -2.29. The van der Waals surface area contributed by atoms with Gasteiger partial charge in [0, 0.05) is 23.7 Å². The van der Waals surface area contributed by atoms with Gasteiger partial charge in [0.05, 0.1) is 11.1 Å². The molecular formula is C22H23N3O2S2. The van der Waals surface area contributed by atoms with Crippen molar-refractivity contribution in [1.82, 2.24) is 9.55 Å². The number of benzene rings is 1. The number of nitrogens with zero attached hydrogens (tertiary/aromatic N) is 3. The molecule has 0 unspecified atom stereocenters. The summed E-state index contributed by atoms with van der Waals surface area (Å²) in [5.41, 5.74) is 3.52. The van der Waals surface area contributed by atoms with Crippen LogP contribution >= 0.6 is 23.1 Å². The molecule has 0 N–H and O–H groups in total. The molecule has 0 bridgehead atoms. The van der Waals surface area contributed by atoms with E-state index < -0.39 is 0 Å². The summed E-state index contributed by atoms with van der Waals surface area (Å²) in [6.07, 6.45) is 5.17. The summed E-state index contributed by atoms with van der Waals surface area (Å²) < 4.78 is 1.73. The molecule has 0 spiro atoms. The number of carbonyl (C=O) groups is 1. The fourth-order valence-electron chi connectivity index (χ4n) is 4.44. The van der Waals surface area contributed by atoms with E-state index in [0.717, 1.165) is 54.6 Å². The second-order valence-corrected chi connectivity index (χ2v) is 9.57. The van der Waals surface area contributed by atoms with Crippen LogP contribution in [0.5, 0.6) is 0 Å². The predicted octanol–water partition coefficient (Wildman–Crippen LogP) is 4.04. The van der Waals surface area contributed by atoms with Gasteiger partial charge in [-0.3, -0.25) is 14.2 Å². The average molecular weight is 426 g/mol. The van der Waals surface area contributed by atoms with Gasteiger partial charge in [0.2, 0.25) is 5.91 Å². The molecular weight excluding hydrogens is 402 g/mol. The van der Waals surface area contributed by atoms with Crippen LogP contribution in [0.3, 0.4) is 0 Å². The van der Waals surface area contributed by atoms with Gasteiger partial charge >= 0.3 is 0 Å². The highest BCUT2D eigenvalue weighted by Gasteiger charge is 2.25. The summed E-state index contributed by atoms with van der Waals surface area (Å²) in [7, 11) is 0. The van der Waals surface area contributed by atoms with E-state index in [0.29, 0.717) is 11.7 Å². The fourth-order valence-corrected chi connectivity index (χ4v) is 6.69. The maximum absolute atomic E-state index is 13.1. The Morgan fingerprint density at radius 3 is 2.93 bits per heavy atom. The number of aryl methyl sites for hydroxylation is 3. The molecule has 3 aromatic rings. The van der Waals surface area contributed by atoms with Gasteiger partial charge in [0.25, 0.3) is 5.56 Å². The first kappa shape index (κ1) is 18.9. The van der Waals surface area contributed by atoms with Crippen molar-refractivity contribution in [2.75, 3.05) is 17.2 Å². The second-order valence-electron chi connectivity index (χ2n) is 7.55. The Labute approximate surface area is 177 Å². The number of thiophene rings is 1. The summed E-state index contributed by atoms with van der Waals surface area (Å²) in [6, 6.07) is 8.13. The van der Waals surface area contributed by atoms with Crippen molar-refractivity contribution in [1.29, 1.82) is 0 Å². The van der Waals surface area contributed by atoms with Crippen molar-refractivity contribution in [3.05, 3.63) is 50.6 Å². The van der Waals surface area contributed by atoms with Crippen LogP contribution in [-0.4, -0.2) is 27.8 Å². The number of para-hydroxylation sites is 1. The molecule has 0 radical (unpaired) electrons. The van der Waals surface area contributed by atoms with E-state index in [-0.39, 0.29) is 17.2 Å². The van der Waals surface area contributed by atoms with Crippen LogP contribution in [0.2, 0.25) is 0 Å². The van der Waals surface area contributed by atoms with Gasteiger partial charge in [0.15, 0.2) is 5.16 Å². The Balaban J connectivity index is 1.43. The van der Waals surface area contributed by atoms with Gasteiger partial charge in [-0.15, -0.1) is 11.3 Å². The number of carbonyl (C=O) groups excluding carboxylic acids is 1. The van der Waals surface area contributed by atoms with E-state index >= 15 is 0 Å². The molecule has 150 valence electrons. The van der Waals surface area contributed by atoms with E-state index in [1.54, 1.807) is 15.9 Å². The highest BCUT2D eigenvalue weighted by atomic mass is 32.2. The molecule has 1 aliphatic heterocycles. The zero-order valence-corrected chi connectivity index (χ0v) is 18.1. The van der Waals surface area contributed by atoms with Gasteiger partial charge in [0.1, 0.15) is 4.83 Å². The molecule has 1 aromatic carbocycles. The third-order valence-electron chi connectivity index (χ3n) is 5.84. The SMILES string of the molecule is CCn1c(SCC(=O)N2CCCc3ccccc32)nc2sc3c(c2c1=O)CCC3. The molecule has 0 saturated carbocycles. The second kappa shape index (κ2) is 7.61. The Bertz CT molecular complexity index is 1160. The molecule has 2 aliphatic rings. The smallest absolute Gasteiger partial charge is 0.263 e. The molecule has 0 saturated heterocycles. The van der Waals surface area contributed by atoms with Crippen molar-refractivity contribution in [2.24, 2.45) is 0 Å². The van der Waals surface area contributed by atoms with Crippen LogP contribution in [-0.2, 0) is 30.6 Å². The van der Waals surface area contributed by atoms with E-state index in [2.05, 4.69) is 6.07 Å². The number of fused-ring (bicyclic) bond motifs is 4. The minimum absolute atomic E-state index is 0.0511. The first-order valence-electron chi connectivity index (χ1n) is 10.2. The van der Waals surface area contributed by atoms with Crippen molar-refractivity contribution in [3.63, 3.8) is 0 Å². The molecule has 29 heavy (non-hydrogen) atoms. The number of thioether (sulfide) groups is 1. The van der Waals surface area contributed by atoms with E-state index in [1.165, 1.54) is 27.8 Å². The zero-order chi connectivity index (χ0) is 20.0. The molecule has 1 amide bonds. The number of aromatic nitrogens is 2.